The van der Waals surface area contributed by atoms with E-state index >= 15 is 0 Å². The molecule has 0 radical (unpaired) electrons. The second kappa shape index (κ2) is 7.61. The highest BCUT2D eigenvalue weighted by atomic mass is 16.5. The molecule has 0 aromatic carbocycles. The fourth-order valence-corrected chi connectivity index (χ4v) is 3.30. The topological polar surface area (TPSA) is 15.7 Å². The summed E-state index contributed by atoms with van der Waals surface area (Å²) >= 11 is 0. The van der Waals surface area contributed by atoms with Gasteiger partial charge >= 0.3 is 0 Å². The molecule has 3 nitrogen and oxygen atoms in total. The third-order valence-corrected chi connectivity index (χ3v) is 4.93. The molecule has 0 N–H and O–H groups in total. The van der Waals surface area contributed by atoms with E-state index in [1.807, 2.05) is 0 Å². The highest BCUT2D eigenvalue weighted by Crippen LogP contribution is 2.21. The van der Waals surface area contributed by atoms with Gasteiger partial charge in [-0.05, 0) is 65.1 Å². The van der Waals surface area contributed by atoms with Gasteiger partial charge in [0.1, 0.15) is 0 Å². The second-order valence-corrected chi connectivity index (χ2v) is 6.54. The molecule has 0 aliphatic carbocycles. The molecule has 2 fully saturated rings. The Hall–Kier alpha value is -0.120. The van der Waals surface area contributed by atoms with Crippen LogP contribution in [0.15, 0.2) is 0 Å². The number of nitrogens with zero attached hydrogens (tertiary/aromatic N) is 2. The van der Waals surface area contributed by atoms with Crippen molar-refractivity contribution in [3.8, 4) is 0 Å². The molecule has 2 rings (SSSR count). The summed E-state index contributed by atoms with van der Waals surface area (Å²) in [6, 6.07) is 0.709. The average molecular weight is 268 g/mol. The van der Waals surface area contributed by atoms with E-state index in [0.717, 1.165) is 12.5 Å². The maximum Gasteiger partial charge on any atom is 0.0599 e. The zero-order valence-corrected chi connectivity index (χ0v) is 13.1. The van der Waals surface area contributed by atoms with Gasteiger partial charge in [0.15, 0.2) is 0 Å². The first-order valence-electron chi connectivity index (χ1n) is 8.27. The molecule has 19 heavy (non-hydrogen) atoms. The zero-order chi connectivity index (χ0) is 13.7. The third-order valence-electron chi connectivity index (χ3n) is 4.93. The molecule has 2 heterocycles. The molecule has 2 aliphatic rings. The number of hydrogen-bond donors (Lipinski definition) is 0. The Kier molecular flexibility index (Phi) is 6.11. The minimum Gasteiger partial charge on any atom is -0.378 e. The fourth-order valence-electron chi connectivity index (χ4n) is 3.30. The standard InChI is InChI=1S/C16H32N2O/c1-4-17-9-7-16(8-10-17)19-13-15-5-11-18(12-6-15)14(2)3/h14-16H,4-13H2,1-3H3. The molecule has 112 valence electrons. The van der Waals surface area contributed by atoms with Crippen LogP contribution in [0.3, 0.4) is 0 Å². The van der Waals surface area contributed by atoms with Gasteiger partial charge in [-0.25, -0.2) is 0 Å². The molecular weight excluding hydrogens is 236 g/mol. The Bertz CT molecular complexity index is 241. The van der Waals surface area contributed by atoms with Crippen molar-refractivity contribution in [1.29, 1.82) is 0 Å². The van der Waals surface area contributed by atoms with Crippen LogP contribution in [0.4, 0.5) is 0 Å². The van der Waals surface area contributed by atoms with E-state index in [1.54, 1.807) is 0 Å². The van der Waals surface area contributed by atoms with Gasteiger partial charge in [0.2, 0.25) is 0 Å². The van der Waals surface area contributed by atoms with Crippen LogP contribution in [0.1, 0.15) is 46.5 Å². The Morgan fingerprint density at radius 1 is 1.00 bits per heavy atom. The Labute approximate surface area is 119 Å². The molecule has 0 saturated carbocycles. The van der Waals surface area contributed by atoms with Crippen LogP contribution in [-0.2, 0) is 4.74 Å². The molecule has 0 aromatic heterocycles. The maximum atomic E-state index is 6.17. The van der Waals surface area contributed by atoms with Crippen molar-refractivity contribution >= 4 is 0 Å². The number of likely N-dealkylation sites (tertiary alicyclic amines) is 2. The Morgan fingerprint density at radius 3 is 2.16 bits per heavy atom. The summed E-state index contributed by atoms with van der Waals surface area (Å²) in [4.78, 5) is 5.12. The van der Waals surface area contributed by atoms with Crippen LogP contribution in [0.5, 0.6) is 0 Å². The largest absolute Gasteiger partial charge is 0.378 e. The zero-order valence-electron chi connectivity index (χ0n) is 13.1. The van der Waals surface area contributed by atoms with Crippen LogP contribution in [0.2, 0.25) is 0 Å². The van der Waals surface area contributed by atoms with E-state index in [1.165, 1.54) is 58.4 Å². The summed E-state index contributed by atoms with van der Waals surface area (Å²) in [6.07, 6.45) is 5.65. The van der Waals surface area contributed by atoms with Crippen LogP contribution < -0.4 is 0 Å². The number of rotatable bonds is 5. The monoisotopic (exact) mass is 268 g/mol. The predicted octanol–water partition coefficient (Wildman–Crippen LogP) is 2.61. The van der Waals surface area contributed by atoms with Crippen molar-refractivity contribution in [3.05, 3.63) is 0 Å². The van der Waals surface area contributed by atoms with Gasteiger partial charge in [-0.3, -0.25) is 0 Å². The van der Waals surface area contributed by atoms with E-state index in [2.05, 4.69) is 30.6 Å². The van der Waals surface area contributed by atoms with Crippen LogP contribution in [0.25, 0.3) is 0 Å². The lowest BCUT2D eigenvalue weighted by Gasteiger charge is -2.36. The Morgan fingerprint density at radius 2 is 1.63 bits per heavy atom. The van der Waals surface area contributed by atoms with E-state index in [9.17, 15) is 0 Å². The first-order valence-corrected chi connectivity index (χ1v) is 8.27. The molecule has 2 aliphatic heterocycles. The van der Waals surface area contributed by atoms with Gasteiger partial charge in [-0.2, -0.15) is 0 Å². The van der Waals surface area contributed by atoms with Gasteiger partial charge in [0.05, 0.1) is 6.10 Å². The Balaban J connectivity index is 1.59. The van der Waals surface area contributed by atoms with Gasteiger partial charge in [-0.15, -0.1) is 0 Å². The molecule has 2 saturated heterocycles. The first kappa shape index (κ1) is 15.3. The molecule has 0 aromatic rings. The first-order chi connectivity index (χ1) is 9.19. The lowest BCUT2D eigenvalue weighted by Crippen LogP contribution is -2.40. The molecule has 0 bridgehead atoms. The quantitative estimate of drug-likeness (QED) is 0.762. The van der Waals surface area contributed by atoms with Crippen molar-refractivity contribution in [3.63, 3.8) is 0 Å². The van der Waals surface area contributed by atoms with Crippen molar-refractivity contribution in [2.45, 2.75) is 58.6 Å². The van der Waals surface area contributed by atoms with Crippen LogP contribution in [-0.4, -0.2) is 61.3 Å². The number of ether oxygens (including phenoxy) is 1. The molecule has 0 spiro atoms. The summed E-state index contributed by atoms with van der Waals surface area (Å²) in [6.45, 7) is 14.0. The molecule has 3 heteroatoms. The van der Waals surface area contributed by atoms with Gasteiger partial charge < -0.3 is 14.5 Å². The summed E-state index contributed by atoms with van der Waals surface area (Å²) < 4.78 is 6.17. The molecule has 0 atom stereocenters. The maximum absolute atomic E-state index is 6.17. The fraction of sp³-hybridized carbons (Fsp3) is 1.00. The van der Waals surface area contributed by atoms with E-state index in [4.69, 9.17) is 4.74 Å². The lowest BCUT2D eigenvalue weighted by atomic mass is 9.96. The normalized spacial score (nSPS) is 25.3. The number of hydrogen-bond acceptors (Lipinski definition) is 3. The number of piperidine rings is 2. The van der Waals surface area contributed by atoms with Gasteiger partial charge in [0, 0.05) is 25.7 Å². The van der Waals surface area contributed by atoms with Gasteiger partial charge in [0.25, 0.3) is 0 Å². The summed E-state index contributed by atoms with van der Waals surface area (Å²) in [5, 5.41) is 0. The van der Waals surface area contributed by atoms with E-state index in [0.29, 0.717) is 12.1 Å². The van der Waals surface area contributed by atoms with Crippen molar-refractivity contribution in [1.82, 2.24) is 9.80 Å². The third kappa shape index (κ3) is 4.73. The van der Waals surface area contributed by atoms with Crippen LogP contribution in [0, 0.1) is 5.92 Å². The summed E-state index contributed by atoms with van der Waals surface area (Å²) in [5.74, 6) is 0.805. The minimum absolute atomic E-state index is 0.533. The minimum atomic E-state index is 0.533. The van der Waals surface area contributed by atoms with Crippen LogP contribution >= 0.6 is 0 Å². The summed E-state index contributed by atoms with van der Waals surface area (Å²) in [7, 11) is 0. The molecule has 0 unspecified atom stereocenters. The molecular formula is C16H32N2O. The summed E-state index contributed by atoms with van der Waals surface area (Å²) in [5.41, 5.74) is 0. The van der Waals surface area contributed by atoms with Crippen molar-refractivity contribution in [2.24, 2.45) is 5.92 Å². The van der Waals surface area contributed by atoms with E-state index in [-0.39, 0.29) is 0 Å². The lowest BCUT2D eigenvalue weighted by molar-refractivity contribution is -0.0200. The SMILES string of the molecule is CCN1CCC(OCC2CCN(C(C)C)CC2)CC1. The highest BCUT2D eigenvalue weighted by Gasteiger charge is 2.23. The van der Waals surface area contributed by atoms with Crippen molar-refractivity contribution < 1.29 is 4.74 Å². The second-order valence-electron chi connectivity index (χ2n) is 6.54. The van der Waals surface area contributed by atoms with Gasteiger partial charge in [-0.1, -0.05) is 6.92 Å². The average Bonchev–Trinajstić information content (AvgIpc) is 2.46. The van der Waals surface area contributed by atoms with E-state index < -0.39 is 0 Å². The molecule has 0 amide bonds. The predicted molar refractivity (Wildman–Crippen MR) is 80.5 cm³/mol. The highest BCUT2D eigenvalue weighted by molar-refractivity contribution is 4.76. The smallest absolute Gasteiger partial charge is 0.0599 e. The van der Waals surface area contributed by atoms with Crippen molar-refractivity contribution in [2.75, 3.05) is 39.3 Å².